The molecule has 15 heavy (non-hydrogen) atoms. The summed E-state index contributed by atoms with van der Waals surface area (Å²) >= 11 is 0. The Kier molecular flexibility index (Phi) is 2.62. The average molecular weight is 206 g/mol. The minimum absolute atomic E-state index is 0.0730. The van der Waals surface area contributed by atoms with Crippen molar-refractivity contribution in [2.24, 2.45) is 0 Å². The van der Waals surface area contributed by atoms with Gasteiger partial charge in [-0.25, -0.2) is 0 Å². The van der Waals surface area contributed by atoms with Crippen LogP contribution in [-0.4, -0.2) is 19.0 Å². The smallest absolute Gasteiger partial charge is 0.165 e. The Morgan fingerprint density at radius 3 is 2.73 bits per heavy atom. The van der Waals surface area contributed by atoms with Crippen LogP contribution in [0.15, 0.2) is 12.1 Å². The zero-order chi connectivity index (χ0) is 10.8. The number of carbonyl (C=O) groups excluding carboxylic acids is 1. The van der Waals surface area contributed by atoms with E-state index >= 15 is 0 Å². The molecule has 1 heterocycles. The van der Waals surface area contributed by atoms with Crippen molar-refractivity contribution in [3.8, 4) is 11.5 Å². The first kappa shape index (κ1) is 10.0. The van der Waals surface area contributed by atoms with Gasteiger partial charge in [0.15, 0.2) is 17.3 Å². The van der Waals surface area contributed by atoms with E-state index in [1.165, 1.54) is 0 Å². The van der Waals surface area contributed by atoms with Gasteiger partial charge in [0.05, 0.1) is 0 Å². The molecule has 0 spiro atoms. The van der Waals surface area contributed by atoms with Crippen LogP contribution in [0.2, 0.25) is 0 Å². The first-order chi connectivity index (χ1) is 7.24. The van der Waals surface area contributed by atoms with Crippen LogP contribution in [0.1, 0.15) is 29.8 Å². The number of hydrogen-bond acceptors (Lipinski definition) is 3. The molecule has 0 aliphatic carbocycles. The average Bonchev–Trinajstić information content (AvgIpc) is 2.27. The van der Waals surface area contributed by atoms with E-state index in [1.807, 2.05) is 19.1 Å². The first-order valence-electron chi connectivity index (χ1n) is 5.16. The Bertz CT molecular complexity index is 396. The third kappa shape index (κ3) is 1.69. The largest absolute Gasteiger partial charge is 0.486 e. The number of carbonyl (C=O) groups is 1. The summed E-state index contributed by atoms with van der Waals surface area (Å²) in [5.41, 5.74) is 1.70. The molecule has 1 aliphatic heterocycles. The monoisotopic (exact) mass is 206 g/mol. The highest BCUT2D eigenvalue weighted by Crippen LogP contribution is 2.36. The van der Waals surface area contributed by atoms with Crippen LogP contribution >= 0.6 is 0 Å². The highest BCUT2D eigenvalue weighted by atomic mass is 16.6. The number of ketones is 1. The van der Waals surface area contributed by atoms with E-state index in [0.29, 0.717) is 13.2 Å². The van der Waals surface area contributed by atoms with Crippen molar-refractivity contribution >= 4 is 5.78 Å². The van der Waals surface area contributed by atoms with Gasteiger partial charge in [0.2, 0.25) is 0 Å². The SMILES string of the molecule is CCc1c(C(C)=O)ccc2c1OCCO2. The standard InChI is InChI=1S/C12H14O3/c1-3-9-10(8(2)13)4-5-11-12(9)15-7-6-14-11/h4-5H,3,6-7H2,1-2H3. The zero-order valence-electron chi connectivity index (χ0n) is 9.00. The summed E-state index contributed by atoms with van der Waals surface area (Å²) in [5, 5.41) is 0. The minimum atomic E-state index is 0.0730. The third-order valence-corrected chi connectivity index (χ3v) is 2.54. The fraction of sp³-hybridized carbons (Fsp3) is 0.417. The lowest BCUT2D eigenvalue weighted by Crippen LogP contribution is -2.17. The Hall–Kier alpha value is -1.51. The van der Waals surface area contributed by atoms with Crippen LogP contribution in [0.25, 0.3) is 0 Å². The second kappa shape index (κ2) is 3.93. The Morgan fingerprint density at radius 2 is 2.07 bits per heavy atom. The lowest BCUT2D eigenvalue weighted by Gasteiger charge is -2.22. The first-order valence-corrected chi connectivity index (χ1v) is 5.16. The van der Waals surface area contributed by atoms with E-state index in [0.717, 1.165) is 29.0 Å². The van der Waals surface area contributed by atoms with Crippen LogP contribution in [0.3, 0.4) is 0 Å². The molecule has 0 radical (unpaired) electrons. The van der Waals surface area contributed by atoms with Crippen molar-refractivity contribution < 1.29 is 14.3 Å². The molecule has 0 atom stereocenters. The number of Topliss-reactive ketones (excluding diaryl/α,β-unsaturated/α-hetero) is 1. The maximum atomic E-state index is 11.4. The van der Waals surface area contributed by atoms with Crippen LogP contribution in [0.4, 0.5) is 0 Å². The van der Waals surface area contributed by atoms with Crippen molar-refractivity contribution in [3.05, 3.63) is 23.3 Å². The zero-order valence-corrected chi connectivity index (χ0v) is 9.00. The van der Waals surface area contributed by atoms with Crippen molar-refractivity contribution in [1.29, 1.82) is 0 Å². The lowest BCUT2D eigenvalue weighted by atomic mass is 10.0. The van der Waals surface area contributed by atoms with Gasteiger partial charge in [0.1, 0.15) is 13.2 Å². The van der Waals surface area contributed by atoms with Crippen LogP contribution in [0.5, 0.6) is 11.5 Å². The summed E-state index contributed by atoms with van der Waals surface area (Å²) in [6, 6.07) is 3.62. The molecule has 3 heteroatoms. The minimum Gasteiger partial charge on any atom is -0.486 e. The van der Waals surface area contributed by atoms with Crippen molar-refractivity contribution in [2.75, 3.05) is 13.2 Å². The van der Waals surface area contributed by atoms with Gasteiger partial charge in [-0.15, -0.1) is 0 Å². The summed E-state index contributed by atoms with van der Waals surface area (Å²) < 4.78 is 11.0. The number of rotatable bonds is 2. The van der Waals surface area contributed by atoms with Gasteiger partial charge < -0.3 is 9.47 Å². The van der Waals surface area contributed by atoms with E-state index in [-0.39, 0.29) is 5.78 Å². The van der Waals surface area contributed by atoms with E-state index in [1.54, 1.807) is 6.92 Å². The summed E-state index contributed by atoms with van der Waals surface area (Å²) in [6.45, 7) is 4.72. The molecule has 80 valence electrons. The number of fused-ring (bicyclic) bond motifs is 1. The third-order valence-electron chi connectivity index (χ3n) is 2.54. The molecule has 0 saturated carbocycles. The Balaban J connectivity index is 2.56. The molecule has 0 saturated heterocycles. The second-order valence-electron chi connectivity index (χ2n) is 3.53. The molecular formula is C12H14O3. The Labute approximate surface area is 89.0 Å². The highest BCUT2D eigenvalue weighted by molar-refractivity contribution is 5.96. The van der Waals surface area contributed by atoms with E-state index in [4.69, 9.17) is 9.47 Å². The normalized spacial score (nSPS) is 13.7. The summed E-state index contributed by atoms with van der Waals surface area (Å²) in [5.74, 6) is 1.57. The van der Waals surface area contributed by atoms with Gasteiger partial charge in [-0.3, -0.25) is 4.79 Å². The molecule has 0 unspecified atom stereocenters. The van der Waals surface area contributed by atoms with E-state index in [2.05, 4.69) is 0 Å². The molecule has 1 aromatic rings. The lowest BCUT2D eigenvalue weighted by molar-refractivity contribution is 0.101. The molecule has 2 rings (SSSR count). The van der Waals surface area contributed by atoms with Crippen LogP contribution in [0, 0.1) is 0 Å². The van der Waals surface area contributed by atoms with Crippen molar-refractivity contribution in [2.45, 2.75) is 20.3 Å². The van der Waals surface area contributed by atoms with Crippen molar-refractivity contribution in [1.82, 2.24) is 0 Å². The Morgan fingerprint density at radius 1 is 1.33 bits per heavy atom. The van der Waals surface area contributed by atoms with Crippen LogP contribution in [-0.2, 0) is 6.42 Å². The highest BCUT2D eigenvalue weighted by Gasteiger charge is 2.19. The van der Waals surface area contributed by atoms with Crippen molar-refractivity contribution in [3.63, 3.8) is 0 Å². The molecule has 1 aromatic carbocycles. The van der Waals surface area contributed by atoms with E-state index < -0.39 is 0 Å². The topological polar surface area (TPSA) is 35.5 Å². The maximum absolute atomic E-state index is 11.4. The molecule has 0 fully saturated rings. The van der Waals surface area contributed by atoms with Gasteiger partial charge in [-0.05, 0) is 25.5 Å². The predicted molar refractivity (Wildman–Crippen MR) is 56.8 cm³/mol. The molecule has 0 amide bonds. The quantitative estimate of drug-likeness (QED) is 0.696. The summed E-state index contributed by atoms with van der Waals surface area (Å²) in [7, 11) is 0. The van der Waals surface area contributed by atoms with Gasteiger partial charge >= 0.3 is 0 Å². The summed E-state index contributed by atoms with van der Waals surface area (Å²) in [4.78, 5) is 11.4. The van der Waals surface area contributed by atoms with Gasteiger partial charge in [0.25, 0.3) is 0 Å². The van der Waals surface area contributed by atoms with E-state index in [9.17, 15) is 4.79 Å². The second-order valence-corrected chi connectivity index (χ2v) is 3.53. The number of ether oxygens (including phenoxy) is 2. The number of benzene rings is 1. The number of hydrogen-bond donors (Lipinski definition) is 0. The van der Waals surface area contributed by atoms with Gasteiger partial charge in [-0.2, -0.15) is 0 Å². The molecule has 1 aliphatic rings. The molecule has 0 N–H and O–H groups in total. The van der Waals surface area contributed by atoms with Crippen LogP contribution < -0.4 is 9.47 Å². The molecule has 0 bridgehead atoms. The fourth-order valence-corrected chi connectivity index (χ4v) is 1.85. The van der Waals surface area contributed by atoms with Gasteiger partial charge in [0, 0.05) is 11.1 Å². The molecule has 3 nitrogen and oxygen atoms in total. The molecule has 0 aromatic heterocycles. The van der Waals surface area contributed by atoms with Gasteiger partial charge in [-0.1, -0.05) is 6.92 Å². The molecular weight excluding hydrogens is 192 g/mol. The predicted octanol–water partition coefficient (Wildman–Crippen LogP) is 2.22. The fourth-order valence-electron chi connectivity index (χ4n) is 1.85. The maximum Gasteiger partial charge on any atom is 0.165 e. The summed E-state index contributed by atoms with van der Waals surface area (Å²) in [6.07, 6.45) is 0.779.